The number of aliphatic carboxylic acids is 1. The topological polar surface area (TPSA) is 104 Å². The van der Waals surface area contributed by atoms with Crippen molar-refractivity contribution in [3.8, 4) is 0 Å². The summed E-state index contributed by atoms with van der Waals surface area (Å²) in [4.78, 5) is 24.8. The van der Waals surface area contributed by atoms with Gasteiger partial charge in [-0.05, 0) is 18.1 Å². The summed E-state index contributed by atoms with van der Waals surface area (Å²) < 4.78 is 27.0. The molecule has 0 aromatic heterocycles. The highest BCUT2D eigenvalue weighted by Crippen LogP contribution is 2.40. The van der Waals surface area contributed by atoms with E-state index in [1.807, 2.05) is 0 Å². The van der Waals surface area contributed by atoms with Crippen LogP contribution in [-0.2, 0) is 25.4 Å². The number of fused-ring (bicyclic) bond motifs is 1. The number of carbonyl (C=O) groups is 2. The third-order valence-electron chi connectivity index (χ3n) is 3.87. The van der Waals surface area contributed by atoms with Gasteiger partial charge in [0.05, 0.1) is 5.75 Å². The zero-order valence-electron chi connectivity index (χ0n) is 12.8. The largest absolute Gasteiger partial charge is 0.477 e. The number of thioether (sulfide) groups is 1. The number of carboxylic acid groups (broad SMARTS) is 1. The van der Waals surface area contributed by atoms with Crippen LogP contribution in [0.1, 0.15) is 12.5 Å². The van der Waals surface area contributed by atoms with Gasteiger partial charge in [0.1, 0.15) is 17.1 Å². The van der Waals surface area contributed by atoms with Gasteiger partial charge in [-0.2, -0.15) is 4.72 Å². The number of nitrogens with zero attached hydrogens (tertiary/aromatic N) is 1. The molecule has 2 aliphatic rings. The van der Waals surface area contributed by atoms with Crippen LogP contribution in [0.4, 0.5) is 0 Å². The fourth-order valence-electron chi connectivity index (χ4n) is 2.78. The van der Waals surface area contributed by atoms with Crippen molar-refractivity contribution in [3.05, 3.63) is 47.2 Å². The first kappa shape index (κ1) is 17.0. The van der Waals surface area contributed by atoms with E-state index in [0.717, 1.165) is 0 Å². The van der Waals surface area contributed by atoms with Crippen LogP contribution in [0.5, 0.6) is 0 Å². The van der Waals surface area contributed by atoms with Crippen molar-refractivity contribution in [2.75, 3.05) is 5.75 Å². The van der Waals surface area contributed by atoms with Gasteiger partial charge in [-0.15, -0.1) is 11.8 Å². The molecular formula is C15H16N2O5S2. The van der Waals surface area contributed by atoms with Crippen LogP contribution in [0, 0.1) is 0 Å². The third-order valence-corrected chi connectivity index (χ3v) is 6.62. The number of carbonyl (C=O) groups excluding carboxylic acids is 1. The average molecular weight is 368 g/mol. The highest BCUT2D eigenvalue weighted by atomic mass is 32.2. The molecule has 9 heteroatoms. The summed E-state index contributed by atoms with van der Waals surface area (Å²) in [7, 11) is -3.70. The molecule has 1 fully saturated rings. The van der Waals surface area contributed by atoms with Crippen LogP contribution in [0.15, 0.2) is 41.6 Å². The van der Waals surface area contributed by atoms with Crippen molar-refractivity contribution in [1.82, 2.24) is 9.62 Å². The average Bonchev–Trinajstić information content (AvgIpc) is 2.52. The van der Waals surface area contributed by atoms with Gasteiger partial charge in [-0.3, -0.25) is 9.69 Å². The first-order chi connectivity index (χ1) is 11.3. The molecule has 0 bridgehead atoms. The Morgan fingerprint density at radius 3 is 2.67 bits per heavy atom. The molecular weight excluding hydrogens is 352 g/mol. The van der Waals surface area contributed by atoms with Gasteiger partial charge in [-0.1, -0.05) is 30.3 Å². The van der Waals surface area contributed by atoms with E-state index in [1.165, 1.54) is 16.7 Å². The number of hydrogen-bond acceptors (Lipinski definition) is 5. The molecule has 7 nitrogen and oxygen atoms in total. The fraction of sp³-hybridized carbons (Fsp3) is 0.333. The van der Waals surface area contributed by atoms with E-state index in [1.54, 1.807) is 37.3 Å². The van der Waals surface area contributed by atoms with Gasteiger partial charge in [0.2, 0.25) is 15.9 Å². The lowest BCUT2D eigenvalue weighted by Crippen LogP contribution is -2.70. The van der Waals surface area contributed by atoms with Crippen LogP contribution < -0.4 is 4.72 Å². The number of carboxylic acids is 1. The number of hydrogen-bond donors (Lipinski definition) is 2. The fourth-order valence-corrected chi connectivity index (χ4v) is 5.49. The van der Waals surface area contributed by atoms with Crippen molar-refractivity contribution >= 4 is 33.7 Å². The van der Waals surface area contributed by atoms with Gasteiger partial charge in [0, 0.05) is 5.75 Å². The van der Waals surface area contributed by atoms with E-state index in [9.17, 15) is 23.1 Å². The normalized spacial score (nSPS) is 23.7. The second-order valence-corrected chi connectivity index (χ2v) is 8.54. The monoisotopic (exact) mass is 368 g/mol. The highest BCUT2D eigenvalue weighted by molar-refractivity contribution is 8.00. The maximum atomic E-state index is 12.3. The van der Waals surface area contributed by atoms with E-state index < -0.39 is 33.3 Å². The standard InChI is InChI=1S/C15H16N2O5S2/c1-9-7-23-14-11(13(18)17(14)12(9)15(19)20)16-24(21,22)8-10-5-3-2-4-6-10/h2-6,11,14,16H,7-8H2,1H3,(H,19,20)/t11-,14-/m1/s1. The van der Waals surface area contributed by atoms with Crippen molar-refractivity contribution in [1.29, 1.82) is 0 Å². The first-order valence-electron chi connectivity index (χ1n) is 7.22. The minimum atomic E-state index is -3.70. The lowest BCUT2D eigenvalue weighted by atomic mass is 10.0. The minimum Gasteiger partial charge on any atom is -0.477 e. The van der Waals surface area contributed by atoms with Crippen molar-refractivity contribution < 1.29 is 23.1 Å². The SMILES string of the molecule is CC1=C(C(=O)O)N2C(=O)[C@@H](NS(=O)(=O)Cc3ccccc3)[C@H]2SC1. The lowest BCUT2D eigenvalue weighted by molar-refractivity contribution is -0.148. The second kappa shape index (κ2) is 6.23. The lowest BCUT2D eigenvalue weighted by Gasteiger charge is -2.49. The van der Waals surface area contributed by atoms with Crippen LogP contribution in [0.3, 0.4) is 0 Å². The van der Waals surface area contributed by atoms with Crippen molar-refractivity contribution in [2.24, 2.45) is 0 Å². The Balaban J connectivity index is 1.74. The summed E-state index contributed by atoms with van der Waals surface area (Å²) in [5, 5.41) is 8.75. The first-order valence-corrected chi connectivity index (χ1v) is 9.92. The van der Waals surface area contributed by atoms with E-state index in [-0.39, 0.29) is 11.4 Å². The number of sulfonamides is 1. The zero-order valence-corrected chi connectivity index (χ0v) is 14.4. The quantitative estimate of drug-likeness (QED) is 0.743. The van der Waals surface area contributed by atoms with E-state index in [4.69, 9.17) is 0 Å². The third kappa shape index (κ3) is 3.06. The van der Waals surface area contributed by atoms with Crippen LogP contribution >= 0.6 is 11.8 Å². The predicted octanol–water partition coefficient (Wildman–Crippen LogP) is 0.748. The smallest absolute Gasteiger partial charge is 0.352 e. The molecule has 2 N–H and O–H groups in total. The summed E-state index contributed by atoms with van der Waals surface area (Å²) in [6.07, 6.45) is 0. The van der Waals surface area contributed by atoms with Crippen molar-refractivity contribution in [3.63, 3.8) is 0 Å². The van der Waals surface area contributed by atoms with Gasteiger partial charge in [0.25, 0.3) is 0 Å². The van der Waals surface area contributed by atoms with Crippen LogP contribution in [0.25, 0.3) is 0 Å². The molecule has 2 aliphatic heterocycles. The summed E-state index contributed by atoms with van der Waals surface area (Å²) in [5.74, 6) is -1.47. The molecule has 24 heavy (non-hydrogen) atoms. The predicted molar refractivity (Wildman–Crippen MR) is 89.4 cm³/mol. The zero-order chi connectivity index (χ0) is 17.5. The Morgan fingerprint density at radius 2 is 2.04 bits per heavy atom. The number of amides is 1. The molecule has 2 atom stereocenters. The van der Waals surface area contributed by atoms with E-state index in [2.05, 4.69) is 4.72 Å². The molecule has 1 saturated heterocycles. The van der Waals surface area contributed by atoms with Gasteiger partial charge < -0.3 is 5.11 Å². The van der Waals surface area contributed by atoms with Crippen LogP contribution in [-0.4, -0.2) is 47.5 Å². The Kier molecular flexibility index (Phi) is 4.41. The molecule has 3 rings (SSSR count). The minimum absolute atomic E-state index is 0.0396. The summed E-state index contributed by atoms with van der Waals surface area (Å²) in [6.45, 7) is 1.66. The second-order valence-electron chi connectivity index (χ2n) is 5.68. The molecule has 2 heterocycles. The molecule has 0 radical (unpaired) electrons. The molecule has 0 unspecified atom stereocenters. The number of nitrogens with one attached hydrogen (secondary N) is 1. The van der Waals surface area contributed by atoms with Crippen LogP contribution in [0.2, 0.25) is 0 Å². The van der Waals surface area contributed by atoms with E-state index >= 15 is 0 Å². The Labute approximate surface area is 143 Å². The summed E-state index contributed by atoms with van der Waals surface area (Å²) >= 11 is 1.36. The Hall–Kier alpha value is -1.84. The Morgan fingerprint density at radius 1 is 1.38 bits per heavy atom. The molecule has 1 aromatic rings. The molecule has 0 saturated carbocycles. The molecule has 1 amide bonds. The number of β-lactam (4-membered cyclic amide) rings is 1. The van der Waals surface area contributed by atoms with Gasteiger partial charge in [-0.25, -0.2) is 13.2 Å². The summed E-state index contributed by atoms with van der Waals surface area (Å²) in [6, 6.07) is 7.73. The summed E-state index contributed by atoms with van der Waals surface area (Å²) in [5.41, 5.74) is 1.18. The van der Waals surface area contributed by atoms with Gasteiger partial charge >= 0.3 is 5.97 Å². The molecule has 0 spiro atoms. The Bertz CT molecular complexity index is 820. The molecule has 0 aliphatic carbocycles. The molecule has 128 valence electrons. The maximum absolute atomic E-state index is 12.3. The van der Waals surface area contributed by atoms with Gasteiger partial charge in [0.15, 0.2) is 0 Å². The number of rotatable bonds is 5. The highest BCUT2D eigenvalue weighted by Gasteiger charge is 2.54. The van der Waals surface area contributed by atoms with Crippen molar-refractivity contribution in [2.45, 2.75) is 24.1 Å². The molecule has 1 aromatic carbocycles. The van der Waals surface area contributed by atoms with E-state index in [0.29, 0.717) is 16.9 Å². The maximum Gasteiger partial charge on any atom is 0.352 e. The number of benzene rings is 1.